The van der Waals surface area contributed by atoms with E-state index in [0.29, 0.717) is 13.0 Å². The van der Waals surface area contributed by atoms with Crippen LogP contribution in [0.2, 0.25) is 0 Å². The lowest BCUT2D eigenvalue weighted by atomic mass is 10.1. The second-order valence-electron chi connectivity index (χ2n) is 3.12. The Bertz CT molecular complexity index is 421. The standard InChI is InChI=1S/C12H11FO3/c1-2-3-6-16-8-10-7-9(12(14)15)4-5-11(10)13/h1,4-5,7H,3,6,8H2,(H,14,15). The Hall–Kier alpha value is -1.86. The predicted octanol–water partition coefficient (Wildman–Crippen LogP) is 2.06. The Kier molecular flexibility index (Phi) is 4.49. The topological polar surface area (TPSA) is 46.5 Å². The third kappa shape index (κ3) is 3.37. The maximum Gasteiger partial charge on any atom is 0.335 e. The number of hydrogen-bond acceptors (Lipinski definition) is 2. The fourth-order valence-corrected chi connectivity index (χ4v) is 1.13. The zero-order chi connectivity index (χ0) is 12.0. The molecular formula is C12H11FO3. The summed E-state index contributed by atoms with van der Waals surface area (Å²) in [5, 5.41) is 8.72. The van der Waals surface area contributed by atoms with E-state index in [-0.39, 0.29) is 17.7 Å². The molecule has 1 aromatic rings. The first-order valence-corrected chi connectivity index (χ1v) is 4.68. The number of terminal acetylenes is 1. The number of carboxylic acids is 1. The summed E-state index contributed by atoms with van der Waals surface area (Å²) in [7, 11) is 0. The number of halogens is 1. The van der Waals surface area contributed by atoms with E-state index in [1.54, 1.807) is 0 Å². The molecule has 0 fully saturated rings. The van der Waals surface area contributed by atoms with Crippen molar-refractivity contribution in [3.8, 4) is 12.3 Å². The van der Waals surface area contributed by atoms with Crippen LogP contribution in [-0.4, -0.2) is 17.7 Å². The van der Waals surface area contributed by atoms with Gasteiger partial charge in [-0.15, -0.1) is 12.3 Å². The zero-order valence-corrected chi connectivity index (χ0v) is 8.57. The summed E-state index contributed by atoms with van der Waals surface area (Å²) < 4.78 is 18.3. The lowest BCUT2D eigenvalue weighted by Gasteiger charge is -2.05. The van der Waals surface area contributed by atoms with Crippen LogP contribution in [0.5, 0.6) is 0 Å². The van der Waals surface area contributed by atoms with Crippen LogP contribution in [0, 0.1) is 18.2 Å². The molecule has 1 N–H and O–H groups in total. The van der Waals surface area contributed by atoms with Gasteiger partial charge in [0.15, 0.2) is 0 Å². The smallest absolute Gasteiger partial charge is 0.335 e. The molecule has 1 aromatic carbocycles. The molecule has 0 aliphatic carbocycles. The first-order chi connectivity index (χ1) is 7.65. The van der Waals surface area contributed by atoms with Crippen molar-refractivity contribution >= 4 is 5.97 Å². The van der Waals surface area contributed by atoms with E-state index < -0.39 is 11.8 Å². The number of aromatic carboxylic acids is 1. The van der Waals surface area contributed by atoms with Crippen LogP contribution in [0.4, 0.5) is 4.39 Å². The average Bonchev–Trinajstić information content (AvgIpc) is 2.26. The van der Waals surface area contributed by atoms with E-state index >= 15 is 0 Å². The molecule has 0 bridgehead atoms. The van der Waals surface area contributed by atoms with Crippen molar-refractivity contribution in [2.75, 3.05) is 6.61 Å². The quantitative estimate of drug-likeness (QED) is 0.612. The van der Waals surface area contributed by atoms with E-state index in [1.165, 1.54) is 12.1 Å². The van der Waals surface area contributed by atoms with Crippen LogP contribution >= 0.6 is 0 Å². The molecule has 0 aliphatic rings. The number of hydrogen-bond donors (Lipinski definition) is 1. The summed E-state index contributed by atoms with van der Waals surface area (Å²) in [5.74, 6) is 0.812. The van der Waals surface area contributed by atoms with Gasteiger partial charge in [-0.05, 0) is 18.2 Å². The molecule has 0 saturated carbocycles. The van der Waals surface area contributed by atoms with Crippen molar-refractivity contribution in [2.45, 2.75) is 13.0 Å². The summed E-state index contributed by atoms with van der Waals surface area (Å²) >= 11 is 0. The van der Waals surface area contributed by atoms with Crippen molar-refractivity contribution in [3.05, 3.63) is 35.1 Å². The number of carboxylic acid groups (broad SMARTS) is 1. The highest BCUT2D eigenvalue weighted by molar-refractivity contribution is 5.87. The molecule has 1 rings (SSSR count). The van der Waals surface area contributed by atoms with E-state index in [4.69, 9.17) is 16.3 Å². The highest BCUT2D eigenvalue weighted by atomic mass is 19.1. The summed E-state index contributed by atoms with van der Waals surface area (Å²) in [5.41, 5.74) is 0.258. The van der Waals surface area contributed by atoms with Gasteiger partial charge in [-0.2, -0.15) is 0 Å². The van der Waals surface area contributed by atoms with Crippen molar-refractivity contribution in [3.63, 3.8) is 0 Å². The van der Waals surface area contributed by atoms with Crippen LogP contribution in [0.25, 0.3) is 0 Å². The molecular weight excluding hydrogens is 211 g/mol. The molecule has 84 valence electrons. The third-order valence-electron chi connectivity index (χ3n) is 1.94. The van der Waals surface area contributed by atoms with Gasteiger partial charge in [-0.3, -0.25) is 0 Å². The molecule has 0 heterocycles. The van der Waals surface area contributed by atoms with Crippen LogP contribution in [0.15, 0.2) is 18.2 Å². The van der Waals surface area contributed by atoms with Gasteiger partial charge in [0, 0.05) is 12.0 Å². The summed E-state index contributed by atoms with van der Waals surface area (Å²) in [6.45, 7) is 0.349. The monoisotopic (exact) mass is 222 g/mol. The summed E-state index contributed by atoms with van der Waals surface area (Å²) in [4.78, 5) is 10.7. The van der Waals surface area contributed by atoms with Crippen LogP contribution in [0.1, 0.15) is 22.3 Å². The molecule has 0 spiro atoms. The van der Waals surface area contributed by atoms with E-state index in [0.717, 1.165) is 6.07 Å². The van der Waals surface area contributed by atoms with E-state index in [9.17, 15) is 9.18 Å². The lowest BCUT2D eigenvalue weighted by Crippen LogP contribution is -2.02. The lowest BCUT2D eigenvalue weighted by molar-refractivity contribution is 0.0696. The Morgan fingerprint density at radius 3 is 2.94 bits per heavy atom. The van der Waals surface area contributed by atoms with Gasteiger partial charge in [0.25, 0.3) is 0 Å². The normalized spacial score (nSPS) is 9.75. The molecule has 0 unspecified atom stereocenters. The SMILES string of the molecule is C#CCCOCc1cc(C(=O)O)ccc1F. The zero-order valence-electron chi connectivity index (χ0n) is 8.57. The second-order valence-corrected chi connectivity index (χ2v) is 3.12. The number of carbonyl (C=O) groups is 1. The molecule has 16 heavy (non-hydrogen) atoms. The van der Waals surface area contributed by atoms with Crippen LogP contribution < -0.4 is 0 Å². The maximum atomic E-state index is 13.2. The van der Waals surface area contributed by atoms with Gasteiger partial charge in [-0.25, -0.2) is 9.18 Å². The van der Waals surface area contributed by atoms with Gasteiger partial charge in [0.1, 0.15) is 5.82 Å². The van der Waals surface area contributed by atoms with Gasteiger partial charge in [-0.1, -0.05) is 0 Å². The fourth-order valence-electron chi connectivity index (χ4n) is 1.13. The molecule has 0 aliphatic heterocycles. The Balaban J connectivity index is 2.67. The van der Waals surface area contributed by atoms with Crippen molar-refractivity contribution in [1.82, 2.24) is 0 Å². The van der Waals surface area contributed by atoms with Gasteiger partial charge in [0.2, 0.25) is 0 Å². The third-order valence-corrected chi connectivity index (χ3v) is 1.94. The van der Waals surface area contributed by atoms with Crippen LogP contribution in [-0.2, 0) is 11.3 Å². The number of ether oxygens (including phenoxy) is 1. The first-order valence-electron chi connectivity index (χ1n) is 4.68. The van der Waals surface area contributed by atoms with Crippen molar-refractivity contribution in [1.29, 1.82) is 0 Å². The van der Waals surface area contributed by atoms with Crippen LogP contribution in [0.3, 0.4) is 0 Å². The minimum atomic E-state index is -1.09. The second kappa shape index (κ2) is 5.89. The Labute approximate surface area is 92.9 Å². The minimum Gasteiger partial charge on any atom is -0.478 e. The highest BCUT2D eigenvalue weighted by Crippen LogP contribution is 2.12. The van der Waals surface area contributed by atoms with Crippen molar-refractivity contribution < 1.29 is 19.0 Å². The highest BCUT2D eigenvalue weighted by Gasteiger charge is 2.08. The van der Waals surface area contributed by atoms with E-state index in [1.807, 2.05) is 0 Å². The summed E-state index contributed by atoms with van der Waals surface area (Å²) in [6, 6.07) is 3.58. The van der Waals surface area contributed by atoms with Gasteiger partial charge < -0.3 is 9.84 Å². The molecule has 0 atom stereocenters. The molecule has 0 saturated heterocycles. The summed E-state index contributed by atoms with van der Waals surface area (Å²) in [6.07, 6.45) is 5.46. The minimum absolute atomic E-state index is 0.0225. The molecule has 0 aromatic heterocycles. The first kappa shape index (κ1) is 12.2. The molecule has 4 heteroatoms. The fraction of sp³-hybridized carbons (Fsp3) is 0.250. The molecule has 0 radical (unpaired) electrons. The van der Waals surface area contributed by atoms with E-state index in [2.05, 4.69) is 5.92 Å². The van der Waals surface area contributed by atoms with Gasteiger partial charge in [0.05, 0.1) is 18.8 Å². The maximum absolute atomic E-state index is 13.2. The van der Waals surface area contributed by atoms with Crippen molar-refractivity contribution in [2.24, 2.45) is 0 Å². The molecule has 3 nitrogen and oxygen atoms in total. The Morgan fingerprint density at radius 1 is 1.56 bits per heavy atom. The Morgan fingerprint density at radius 2 is 2.31 bits per heavy atom. The number of benzene rings is 1. The molecule has 0 amide bonds. The average molecular weight is 222 g/mol. The number of rotatable bonds is 5. The van der Waals surface area contributed by atoms with Gasteiger partial charge >= 0.3 is 5.97 Å². The predicted molar refractivity (Wildman–Crippen MR) is 56.5 cm³/mol. The largest absolute Gasteiger partial charge is 0.478 e.